The Hall–Kier alpha value is -6.39. The number of aromatic nitrogens is 2. The van der Waals surface area contributed by atoms with Crippen LogP contribution in [0.2, 0.25) is 0 Å². The van der Waals surface area contributed by atoms with Gasteiger partial charge < -0.3 is 14.8 Å². The number of anilines is 2. The number of rotatable bonds is 6. The normalized spacial score (nSPS) is 16.3. The highest BCUT2D eigenvalue weighted by molar-refractivity contribution is 6.08. The Morgan fingerprint density at radius 2 is 1.16 bits per heavy atom. The lowest BCUT2D eigenvalue weighted by Crippen LogP contribution is -2.40. The number of para-hydroxylation sites is 2. The van der Waals surface area contributed by atoms with Crippen LogP contribution in [0.15, 0.2) is 176 Å². The summed E-state index contributed by atoms with van der Waals surface area (Å²) in [5, 5.41) is 5.92. The first-order chi connectivity index (χ1) is 25.3. The van der Waals surface area contributed by atoms with Crippen molar-refractivity contribution in [3.05, 3.63) is 193 Å². The summed E-state index contributed by atoms with van der Waals surface area (Å²) in [6.07, 6.45) is 9.15. The Bertz CT molecular complexity index is 2490. The van der Waals surface area contributed by atoms with Crippen molar-refractivity contribution in [2.24, 2.45) is 0 Å². The molecule has 244 valence electrons. The van der Waals surface area contributed by atoms with Crippen molar-refractivity contribution in [2.45, 2.75) is 18.4 Å². The predicted octanol–water partition coefficient (Wildman–Crippen LogP) is 10.8. The van der Waals surface area contributed by atoms with Gasteiger partial charge in [-0.1, -0.05) is 115 Å². The highest BCUT2D eigenvalue weighted by Crippen LogP contribution is 2.46. The molecule has 0 aliphatic carbocycles. The fourth-order valence-electron chi connectivity index (χ4n) is 8.26. The number of nitrogens with zero attached hydrogens (tertiary/aromatic N) is 3. The summed E-state index contributed by atoms with van der Waals surface area (Å²) in [4.78, 5) is 6.93. The van der Waals surface area contributed by atoms with Crippen LogP contribution in [0.5, 0.6) is 0 Å². The Kier molecular flexibility index (Phi) is 7.05. The average molecular weight is 657 g/mol. The standard InChI is InChI=1S/C47H36N4/c1-3-7-44-40(5-1)42-25-27-48-30-46(42)50(44)38-21-17-36(18-22-38)34-13-9-32(10-14-34)29-33-11-15-35(16-12-33)37-19-23-39(24-20-37)51-45-8-4-2-6-41(45)43-26-28-49-31-47(43)51/h1-28,30,43,47,49H,29,31H2. The van der Waals surface area contributed by atoms with Crippen LogP contribution in [0, 0.1) is 0 Å². The van der Waals surface area contributed by atoms with E-state index in [1.54, 1.807) is 0 Å². The van der Waals surface area contributed by atoms with Gasteiger partial charge in [0.15, 0.2) is 0 Å². The van der Waals surface area contributed by atoms with Crippen molar-refractivity contribution < 1.29 is 0 Å². The second kappa shape index (κ2) is 12.2. The number of benzene rings is 6. The van der Waals surface area contributed by atoms with Crippen LogP contribution < -0.4 is 10.2 Å². The van der Waals surface area contributed by atoms with Crippen molar-refractivity contribution in [3.8, 4) is 27.9 Å². The topological polar surface area (TPSA) is 33.1 Å². The molecule has 10 rings (SSSR count). The zero-order chi connectivity index (χ0) is 33.7. The van der Waals surface area contributed by atoms with Gasteiger partial charge in [-0.05, 0) is 94.0 Å². The van der Waals surface area contributed by atoms with E-state index in [2.05, 4.69) is 184 Å². The Balaban J connectivity index is 0.832. The minimum atomic E-state index is 0.391. The smallest absolute Gasteiger partial charge is 0.0724 e. The molecule has 0 saturated carbocycles. The van der Waals surface area contributed by atoms with Gasteiger partial charge in [-0.2, -0.15) is 0 Å². The number of hydrogen-bond donors (Lipinski definition) is 1. The summed E-state index contributed by atoms with van der Waals surface area (Å²) in [7, 11) is 0. The zero-order valence-corrected chi connectivity index (χ0v) is 28.2. The van der Waals surface area contributed by atoms with E-state index < -0.39 is 0 Å². The van der Waals surface area contributed by atoms with Crippen LogP contribution in [0.3, 0.4) is 0 Å². The summed E-state index contributed by atoms with van der Waals surface area (Å²) in [5.41, 5.74) is 15.0. The number of hydrogen-bond acceptors (Lipinski definition) is 3. The van der Waals surface area contributed by atoms with E-state index in [1.165, 1.54) is 66.6 Å². The maximum absolute atomic E-state index is 4.42. The Labute approximate surface area is 298 Å². The molecule has 0 bridgehead atoms. The van der Waals surface area contributed by atoms with Crippen LogP contribution in [0.25, 0.3) is 49.7 Å². The Morgan fingerprint density at radius 3 is 1.86 bits per heavy atom. The van der Waals surface area contributed by atoms with E-state index in [4.69, 9.17) is 0 Å². The first kappa shape index (κ1) is 29.5. The zero-order valence-electron chi connectivity index (χ0n) is 28.2. The molecule has 0 saturated heterocycles. The van der Waals surface area contributed by atoms with E-state index in [-0.39, 0.29) is 0 Å². The van der Waals surface area contributed by atoms with E-state index in [0.717, 1.165) is 24.2 Å². The molecular weight excluding hydrogens is 621 g/mol. The van der Waals surface area contributed by atoms with Gasteiger partial charge in [0.25, 0.3) is 0 Å². The molecule has 0 radical (unpaired) electrons. The van der Waals surface area contributed by atoms with Crippen molar-refractivity contribution in [2.75, 3.05) is 11.4 Å². The minimum absolute atomic E-state index is 0.391. The SMILES string of the molecule is C1=CC2c3ccccc3N(c3ccc(-c4ccc(Cc5ccc(-c6ccc(-n7c8ccccc8c8ccncc87)cc6)cc5)cc4)cc3)C2CN1. The summed E-state index contributed by atoms with van der Waals surface area (Å²) in [6, 6.07) is 55.9. The molecule has 51 heavy (non-hydrogen) atoms. The third kappa shape index (κ3) is 5.11. The van der Waals surface area contributed by atoms with E-state index in [1.807, 2.05) is 12.4 Å². The van der Waals surface area contributed by atoms with Crippen molar-refractivity contribution >= 4 is 33.2 Å². The van der Waals surface area contributed by atoms with Crippen LogP contribution in [0.4, 0.5) is 11.4 Å². The first-order valence-electron chi connectivity index (χ1n) is 17.8. The summed E-state index contributed by atoms with van der Waals surface area (Å²) in [5.74, 6) is 0.425. The molecule has 2 aromatic heterocycles. The van der Waals surface area contributed by atoms with Crippen LogP contribution in [-0.2, 0) is 6.42 Å². The lowest BCUT2D eigenvalue weighted by molar-refractivity contribution is 0.575. The molecule has 1 N–H and O–H groups in total. The van der Waals surface area contributed by atoms with Crippen LogP contribution in [-0.4, -0.2) is 22.1 Å². The minimum Gasteiger partial charge on any atom is -0.389 e. The maximum Gasteiger partial charge on any atom is 0.0724 e. The van der Waals surface area contributed by atoms with Gasteiger partial charge in [0, 0.05) is 46.5 Å². The highest BCUT2D eigenvalue weighted by atomic mass is 15.2. The lowest BCUT2D eigenvalue weighted by atomic mass is 9.93. The number of pyridine rings is 1. The molecule has 0 fully saturated rings. The second-order valence-corrected chi connectivity index (χ2v) is 13.7. The molecule has 0 spiro atoms. The maximum atomic E-state index is 4.42. The van der Waals surface area contributed by atoms with E-state index >= 15 is 0 Å². The molecular formula is C47H36N4. The third-order valence-electron chi connectivity index (χ3n) is 10.8. The number of nitrogens with one attached hydrogen (secondary N) is 1. The van der Waals surface area contributed by atoms with Crippen molar-refractivity contribution in [1.82, 2.24) is 14.9 Å². The van der Waals surface area contributed by atoms with Gasteiger partial charge in [-0.15, -0.1) is 0 Å². The molecule has 4 nitrogen and oxygen atoms in total. The van der Waals surface area contributed by atoms with E-state index in [9.17, 15) is 0 Å². The van der Waals surface area contributed by atoms with Crippen LogP contribution in [0.1, 0.15) is 22.6 Å². The molecule has 0 amide bonds. The van der Waals surface area contributed by atoms with Gasteiger partial charge in [0.05, 0.1) is 23.3 Å². The van der Waals surface area contributed by atoms with E-state index in [0.29, 0.717) is 12.0 Å². The summed E-state index contributed by atoms with van der Waals surface area (Å²) >= 11 is 0. The van der Waals surface area contributed by atoms with Gasteiger partial charge in [-0.25, -0.2) is 0 Å². The lowest BCUT2D eigenvalue weighted by Gasteiger charge is -2.32. The molecule has 4 heterocycles. The summed E-state index contributed by atoms with van der Waals surface area (Å²) in [6.45, 7) is 0.942. The van der Waals surface area contributed by atoms with Gasteiger partial charge in [0.1, 0.15) is 0 Å². The summed E-state index contributed by atoms with van der Waals surface area (Å²) < 4.78 is 2.31. The molecule has 2 aliphatic rings. The number of fused-ring (bicyclic) bond motifs is 6. The fraction of sp³-hybridized carbons (Fsp3) is 0.0851. The largest absolute Gasteiger partial charge is 0.389 e. The Morgan fingerprint density at radius 1 is 0.569 bits per heavy atom. The quantitative estimate of drug-likeness (QED) is 0.193. The molecule has 2 unspecified atom stereocenters. The second-order valence-electron chi connectivity index (χ2n) is 13.7. The molecule has 2 atom stereocenters. The van der Waals surface area contributed by atoms with Gasteiger partial charge in [0.2, 0.25) is 0 Å². The molecule has 6 aromatic carbocycles. The van der Waals surface area contributed by atoms with Crippen LogP contribution >= 0.6 is 0 Å². The van der Waals surface area contributed by atoms with Gasteiger partial charge >= 0.3 is 0 Å². The fourth-order valence-corrected chi connectivity index (χ4v) is 8.26. The average Bonchev–Trinajstić information content (AvgIpc) is 3.72. The van der Waals surface area contributed by atoms with Crippen molar-refractivity contribution in [3.63, 3.8) is 0 Å². The first-order valence-corrected chi connectivity index (χ1v) is 17.8. The predicted molar refractivity (Wildman–Crippen MR) is 211 cm³/mol. The molecule has 8 aromatic rings. The molecule has 2 aliphatic heterocycles. The van der Waals surface area contributed by atoms with Crippen molar-refractivity contribution in [1.29, 1.82) is 0 Å². The third-order valence-corrected chi connectivity index (χ3v) is 10.8. The monoisotopic (exact) mass is 656 g/mol. The molecule has 4 heteroatoms. The highest BCUT2D eigenvalue weighted by Gasteiger charge is 2.38. The van der Waals surface area contributed by atoms with Gasteiger partial charge in [-0.3, -0.25) is 4.98 Å².